The van der Waals surface area contributed by atoms with Crippen LogP contribution in [0.4, 0.5) is 0 Å². The molecule has 0 spiro atoms. The highest BCUT2D eigenvalue weighted by Crippen LogP contribution is 2.39. The monoisotopic (exact) mass is 1150 g/mol. The molecule has 396 valence electrons. The highest BCUT2D eigenvalue weighted by Gasteiger charge is 2.54. The van der Waals surface area contributed by atoms with Crippen molar-refractivity contribution in [3.63, 3.8) is 0 Å². The summed E-state index contributed by atoms with van der Waals surface area (Å²) >= 11 is 6.85. The molecule has 16 heteroatoms. The summed E-state index contributed by atoms with van der Waals surface area (Å²) in [4.78, 5) is 0. The van der Waals surface area contributed by atoms with Crippen LogP contribution in [0.1, 0.15) is 121 Å². The minimum absolute atomic E-state index is 0.120. The maximum atomic E-state index is 6.34. The van der Waals surface area contributed by atoms with Crippen LogP contribution in [-0.4, -0.2) is 61.3 Å². The molecule has 0 N–H and O–H groups in total. The van der Waals surface area contributed by atoms with Crippen molar-refractivity contribution in [3.8, 4) is 23.0 Å². The van der Waals surface area contributed by atoms with E-state index in [1.165, 1.54) is 0 Å². The minimum Gasteiger partial charge on any atom is -0.451 e. The third-order valence-corrected chi connectivity index (χ3v) is 15.2. The Kier molecular flexibility index (Phi) is 18.6. The second-order valence-corrected chi connectivity index (χ2v) is 23.7. The number of halogens is 2. The first-order valence-electron chi connectivity index (χ1n) is 25.4. The first kappa shape index (κ1) is 58.1. The van der Waals surface area contributed by atoms with Gasteiger partial charge in [0.05, 0.1) is 33.6 Å². The predicted molar refractivity (Wildman–Crippen MR) is 306 cm³/mol. The molecular weight excluding hydrogens is 1080 g/mol. The van der Waals surface area contributed by atoms with Gasteiger partial charge in [0.2, 0.25) is 0 Å². The van der Waals surface area contributed by atoms with Gasteiger partial charge in [0.25, 0.3) is 12.6 Å². The fraction of sp³-hybridized carbons (Fsp3) is 0.390. The summed E-state index contributed by atoms with van der Waals surface area (Å²) in [6, 6.07) is 50.7. The van der Waals surface area contributed by atoms with Gasteiger partial charge in [-0.15, -0.1) is 0 Å². The number of benzene rings is 6. The van der Waals surface area contributed by atoms with E-state index in [0.717, 1.165) is 42.5 Å². The van der Waals surface area contributed by atoms with Crippen LogP contribution in [0.3, 0.4) is 0 Å². The van der Waals surface area contributed by atoms with E-state index in [9.17, 15) is 0 Å². The van der Waals surface area contributed by atoms with Gasteiger partial charge < -0.3 is 51.5 Å². The predicted octanol–water partition coefficient (Wildman–Crippen LogP) is 13.8. The molecule has 3 aliphatic rings. The molecule has 0 saturated carbocycles. The lowest BCUT2D eigenvalue weighted by Gasteiger charge is -2.32. The van der Waals surface area contributed by atoms with Crippen molar-refractivity contribution in [2.75, 3.05) is 0 Å². The summed E-state index contributed by atoms with van der Waals surface area (Å²) in [5.41, 5.74) is 1.58. The van der Waals surface area contributed by atoms with Gasteiger partial charge in [-0.3, -0.25) is 0 Å². The molecule has 11 nitrogen and oxygen atoms in total. The zero-order valence-electron chi connectivity index (χ0n) is 45.7. The standard InChI is InChI=1S/C31H38B2O6.C19H14Br2O2.C9H19BO3/c1-28(2)29(3,4)37-32(36-28)23-14-18-25(19-15-23)34-27(22-12-10-9-11-13-22)35-26-20-16-24(17-21-26)33-38-30(5,6)31(7,8)39-33;20-15-6-10-17(11-7-15)22-19(14-4-2-1-3-5-14)23-18-12-8-16(21)9-13-18;1-7(2)11-10-12-8(3,4)9(5,6)13-10/h9-21,27H,1-8H3;1-13,19H;7H,1-6H3. The third kappa shape index (κ3) is 15.1. The normalized spacial score (nSPS) is 18.5. The number of rotatable bonds is 14. The number of ether oxygens (including phenoxy) is 4. The van der Waals surface area contributed by atoms with Gasteiger partial charge in [-0.05, 0) is 181 Å². The molecule has 3 aliphatic heterocycles. The molecule has 6 aromatic rings. The van der Waals surface area contributed by atoms with Crippen LogP contribution in [0.15, 0.2) is 167 Å². The molecule has 0 radical (unpaired) electrons. The first-order chi connectivity index (χ1) is 35.2. The first-order valence-corrected chi connectivity index (χ1v) is 27.0. The van der Waals surface area contributed by atoms with Crippen LogP contribution >= 0.6 is 31.9 Å². The second-order valence-electron chi connectivity index (χ2n) is 21.9. The largest absolute Gasteiger partial charge is 0.640 e. The third-order valence-electron chi connectivity index (χ3n) is 14.2. The minimum atomic E-state index is -0.642. The molecule has 0 aliphatic carbocycles. The summed E-state index contributed by atoms with van der Waals surface area (Å²) in [5.74, 6) is 2.86. The lowest BCUT2D eigenvalue weighted by atomic mass is 9.79. The van der Waals surface area contributed by atoms with Crippen LogP contribution in [0.25, 0.3) is 0 Å². The fourth-order valence-corrected chi connectivity index (χ4v) is 8.02. The number of hydrogen-bond donors (Lipinski definition) is 0. The van der Waals surface area contributed by atoms with Gasteiger partial charge in [-0.25, -0.2) is 0 Å². The van der Waals surface area contributed by atoms with Gasteiger partial charge in [-0.1, -0.05) is 117 Å². The Morgan fingerprint density at radius 3 is 0.867 bits per heavy atom. The molecular formula is C59H71B3Br2O11. The summed E-state index contributed by atoms with van der Waals surface area (Å²) in [6.07, 6.45) is -1.04. The summed E-state index contributed by atoms with van der Waals surface area (Å²) < 4.78 is 68.2. The second kappa shape index (κ2) is 24.0. The molecule has 0 aromatic heterocycles. The summed E-state index contributed by atoms with van der Waals surface area (Å²) in [7, 11) is -1.37. The summed E-state index contributed by atoms with van der Waals surface area (Å²) in [6.45, 7) is 28.4. The van der Waals surface area contributed by atoms with Gasteiger partial charge >= 0.3 is 21.6 Å². The number of hydrogen-bond acceptors (Lipinski definition) is 11. The smallest absolute Gasteiger partial charge is 0.451 e. The molecule has 75 heavy (non-hydrogen) atoms. The Bertz CT molecular complexity index is 2550. The molecule has 3 heterocycles. The fourth-order valence-electron chi connectivity index (χ4n) is 7.49. The highest BCUT2D eigenvalue weighted by atomic mass is 79.9. The van der Waals surface area contributed by atoms with Crippen LogP contribution in [0, 0.1) is 0 Å². The molecule has 0 atom stereocenters. The Hall–Kier alpha value is -4.61. The average Bonchev–Trinajstić information content (AvgIpc) is 3.82. The molecule has 0 unspecified atom stereocenters. The average molecular weight is 1150 g/mol. The van der Waals surface area contributed by atoms with Crippen LogP contribution in [0.2, 0.25) is 0 Å². The van der Waals surface area contributed by atoms with Gasteiger partial charge in [0.1, 0.15) is 23.0 Å². The molecule has 0 bridgehead atoms. The van der Waals surface area contributed by atoms with E-state index in [4.69, 9.17) is 51.5 Å². The van der Waals surface area contributed by atoms with Crippen molar-refractivity contribution in [1.82, 2.24) is 0 Å². The van der Waals surface area contributed by atoms with Crippen LogP contribution < -0.4 is 29.9 Å². The lowest BCUT2D eigenvalue weighted by molar-refractivity contribution is 0.00353. The van der Waals surface area contributed by atoms with E-state index in [1.807, 2.05) is 255 Å². The highest BCUT2D eigenvalue weighted by molar-refractivity contribution is 9.10. The van der Waals surface area contributed by atoms with E-state index in [2.05, 4.69) is 31.9 Å². The zero-order valence-corrected chi connectivity index (χ0v) is 48.9. The van der Waals surface area contributed by atoms with Crippen LogP contribution in [0.5, 0.6) is 23.0 Å². The van der Waals surface area contributed by atoms with E-state index in [0.29, 0.717) is 11.5 Å². The Morgan fingerprint density at radius 1 is 0.347 bits per heavy atom. The molecule has 6 aromatic carbocycles. The molecule has 0 amide bonds. The van der Waals surface area contributed by atoms with Crippen molar-refractivity contribution in [2.24, 2.45) is 0 Å². The van der Waals surface area contributed by atoms with E-state index in [-0.39, 0.29) is 17.3 Å². The molecule has 9 rings (SSSR count). The van der Waals surface area contributed by atoms with Gasteiger partial charge in [0.15, 0.2) is 0 Å². The van der Waals surface area contributed by atoms with Crippen molar-refractivity contribution >= 4 is 64.3 Å². The van der Waals surface area contributed by atoms with E-state index in [1.54, 1.807) is 0 Å². The van der Waals surface area contributed by atoms with Crippen molar-refractivity contribution < 1.29 is 51.5 Å². The topological polar surface area (TPSA) is 102 Å². The Balaban J connectivity index is 0.000000191. The van der Waals surface area contributed by atoms with Crippen LogP contribution in [-0.2, 0) is 32.6 Å². The lowest BCUT2D eigenvalue weighted by Crippen LogP contribution is -2.41. The van der Waals surface area contributed by atoms with Gasteiger partial charge in [0, 0.05) is 26.2 Å². The zero-order chi connectivity index (χ0) is 54.4. The molecule has 3 fully saturated rings. The molecule has 3 saturated heterocycles. The maximum Gasteiger partial charge on any atom is 0.640 e. The van der Waals surface area contributed by atoms with Gasteiger partial charge in [-0.2, -0.15) is 0 Å². The van der Waals surface area contributed by atoms with E-state index < -0.39 is 56.5 Å². The van der Waals surface area contributed by atoms with E-state index >= 15 is 0 Å². The quantitative estimate of drug-likeness (QED) is 0.0770. The van der Waals surface area contributed by atoms with Crippen molar-refractivity contribution in [2.45, 2.75) is 149 Å². The SMILES string of the molecule is Brc1ccc(OC(Oc2ccc(Br)cc2)c2ccccc2)cc1.CC(C)OB1OC(C)(C)C(C)(C)O1.CC1(C)OB(c2ccc(OC(Oc3ccc(B4OC(C)(C)C(C)(C)O4)cc3)c3ccccc3)cc2)OC1(C)C. The Labute approximate surface area is 463 Å². The maximum absolute atomic E-state index is 6.34. The van der Waals surface area contributed by atoms with Crippen molar-refractivity contribution in [1.29, 1.82) is 0 Å². The van der Waals surface area contributed by atoms with Crippen molar-refractivity contribution in [3.05, 3.63) is 178 Å². The summed E-state index contributed by atoms with van der Waals surface area (Å²) in [5, 5.41) is 0. The Morgan fingerprint density at radius 2 is 0.600 bits per heavy atom.